The first-order valence-electron chi connectivity index (χ1n) is 5.76. The second-order valence-electron chi connectivity index (χ2n) is 4.37. The molecule has 1 atom stereocenters. The maximum Gasteiger partial charge on any atom is 0.226 e. The van der Waals surface area contributed by atoms with Crippen molar-refractivity contribution in [2.24, 2.45) is 0 Å². The topological polar surface area (TPSA) is 40.5 Å². The summed E-state index contributed by atoms with van der Waals surface area (Å²) in [6.07, 6.45) is 0.252. The lowest BCUT2D eigenvalue weighted by Crippen LogP contribution is -2.30. The van der Waals surface area contributed by atoms with Crippen LogP contribution in [0.3, 0.4) is 0 Å². The van der Waals surface area contributed by atoms with Crippen molar-refractivity contribution in [2.75, 3.05) is 13.6 Å². The molecule has 100 valence electrons. The van der Waals surface area contributed by atoms with Crippen molar-refractivity contribution >= 4 is 21.8 Å². The zero-order valence-electron chi connectivity index (χ0n) is 10.5. The summed E-state index contributed by atoms with van der Waals surface area (Å²) in [7, 11) is 1.68. The van der Waals surface area contributed by atoms with Crippen LogP contribution in [0.25, 0.3) is 0 Å². The molecule has 0 aliphatic heterocycles. The lowest BCUT2D eigenvalue weighted by molar-refractivity contribution is -0.129. The predicted octanol–water partition coefficient (Wildman–Crippen LogP) is 2.36. The highest BCUT2D eigenvalue weighted by Crippen LogP contribution is 2.18. The van der Waals surface area contributed by atoms with E-state index in [-0.39, 0.29) is 18.1 Å². The number of likely N-dealkylation sites (N-methyl/N-ethyl adjacent to an activating group) is 1. The van der Waals surface area contributed by atoms with Crippen molar-refractivity contribution in [3.63, 3.8) is 0 Å². The van der Waals surface area contributed by atoms with Gasteiger partial charge in [-0.2, -0.15) is 0 Å². The molecule has 0 aliphatic rings. The van der Waals surface area contributed by atoms with Crippen LogP contribution in [-0.4, -0.2) is 35.6 Å². The van der Waals surface area contributed by atoms with Crippen LogP contribution in [0, 0.1) is 5.82 Å². The molecule has 0 fully saturated rings. The molecule has 1 aromatic carbocycles. The first-order chi connectivity index (χ1) is 8.40. The second kappa shape index (κ2) is 6.85. The number of aliphatic hydroxyl groups is 1. The highest BCUT2D eigenvalue weighted by Gasteiger charge is 2.12. The maximum atomic E-state index is 13.1. The molecule has 0 radical (unpaired) electrons. The van der Waals surface area contributed by atoms with Gasteiger partial charge in [0.25, 0.3) is 0 Å². The zero-order valence-corrected chi connectivity index (χ0v) is 12.1. The van der Waals surface area contributed by atoms with E-state index in [0.717, 1.165) is 4.47 Å². The fourth-order valence-electron chi connectivity index (χ4n) is 1.48. The number of nitrogens with zero attached hydrogens (tertiary/aromatic N) is 1. The lowest BCUT2D eigenvalue weighted by Gasteiger charge is -2.18. The quantitative estimate of drug-likeness (QED) is 0.905. The molecule has 0 heterocycles. The van der Waals surface area contributed by atoms with Crippen LogP contribution < -0.4 is 0 Å². The minimum absolute atomic E-state index is 0.0954. The van der Waals surface area contributed by atoms with Crippen molar-refractivity contribution in [2.45, 2.75) is 25.9 Å². The summed E-state index contributed by atoms with van der Waals surface area (Å²) < 4.78 is 13.8. The van der Waals surface area contributed by atoms with Gasteiger partial charge in [-0.15, -0.1) is 0 Å². The van der Waals surface area contributed by atoms with E-state index in [2.05, 4.69) is 15.9 Å². The SMILES string of the molecule is CC(O)CCN(C)C(=O)Cc1cc(F)ccc1Br. The lowest BCUT2D eigenvalue weighted by atomic mass is 10.1. The van der Waals surface area contributed by atoms with E-state index in [9.17, 15) is 9.18 Å². The molecule has 5 heteroatoms. The molecular weight excluding hydrogens is 301 g/mol. The van der Waals surface area contributed by atoms with Crippen molar-refractivity contribution in [1.29, 1.82) is 0 Å². The number of carbonyl (C=O) groups is 1. The number of halogens is 2. The Morgan fingerprint density at radius 2 is 2.22 bits per heavy atom. The highest BCUT2D eigenvalue weighted by molar-refractivity contribution is 9.10. The average molecular weight is 318 g/mol. The molecule has 0 bridgehead atoms. The molecule has 0 aromatic heterocycles. The molecule has 0 saturated heterocycles. The summed E-state index contributed by atoms with van der Waals surface area (Å²) in [6.45, 7) is 2.17. The number of amides is 1. The molecule has 0 saturated carbocycles. The number of benzene rings is 1. The number of hydrogen-bond donors (Lipinski definition) is 1. The third kappa shape index (κ3) is 4.74. The average Bonchev–Trinajstić information content (AvgIpc) is 2.30. The maximum absolute atomic E-state index is 13.1. The number of aliphatic hydroxyl groups excluding tert-OH is 1. The normalized spacial score (nSPS) is 12.3. The molecule has 0 aliphatic carbocycles. The molecule has 1 aromatic rings. The minimum Gasteiger partial charge on any atom is -0.393 e. The van der Waals surface area contributed by atoms with Gasteiger partial charge in [-0.3, -0.25) is 4.79 Å². The van der Waals surface area contributed by atoms with E-state index in [1.165, 1.54) is 12.1 Å². The van der Waals surface area contributed by atoms with Crippen molar-refractivity contribution in [3.05, 3.63) is 34.1 Å². The molecule has 18 heavy (non-hydrogen) atoms. The highest BCUT2D eigenvalue weighted by atomic mass is 79.9. The van der Waals surface area contributed by atoms with E-state index in [1.54, 1.807) is 24.9 Å². The summed E-state index contributed by atoms with van der Waals surface area (Å²) in [4.78, 5) is 13.4. The van der Waals surface area contributed by atoms with E-state index in [4.69, 9.17) is 5.11 Å². The molecule has 1 amide bonds. The van der Waals surface area contributed by atoms with Gasteiger partial charge in [-0.1, -0.05) is 15.9 Å². The van der Waals surface area contributed by atoms with Gasteiger partial charge < -0.3 is 10.0 Å². The monoisotopic (exact) mass is 317 g/mol. The van der Waals surface area contributed by atoms with Gasteiger partial charge in [0.15, 0.2) is 0 Å². The van der Waals surface area contributed by atoms with E-state index >= 15 is 0 Å². The van der Waals surface area contributed by atoms with Crippen LogP contribution in [0.2, 0.25) is 0 Å². The summed E-state index contributed by atoms with van der Waals surface area (Å²) >= 11 is 3.29. The first-order valence-corrected chi connectivity index (χ1v) is 6.55. The molecule has 0 spiro atoms. The molecule has 1 unspecified atom stereocenters. The van der Waals surface area contributed by atoms with Gasteiger partial charge >= 0.3 is 0 Å². The minimum atomic E-state index is -0.429. The van der Waals surface area contributed by atoms with Crippen molar-refractivity contribution < 1.29 is 14.3 Å². The van der Waals surface area contributed by atoms with E-state index < -0.39 is 6.10 Å². The third-order valence-electron chi connectivity index (χ3n) is 2.66. The van der Waals surface area contributed by atoms with Gasteiger partial charge in [0.05, 0.1) is 12.5 Å². The molecule has 1 rings (SSSR count). The van der Waals surface area contributed by atoms with E-state index in [0.29, 0.717) is 18.5 Å². The van der Waals surface area contributed by atoms with Crippen LogP contribution in [0.5, 0.6) is 0 Å². The standard InChI is InChI=1S/C13H17BrFNO2/c1-9(17)5-6-16(2)13(18)8-10-7-11(15)3-4-12(10)14/h3-4,7,9,17H,5-6,8H2,1-2H3. The van der Waals surface area contributed by atoms with Crippen LogP contribution in [-0.2, 0) is 11.2 Å². The van der Waals surface area contributed by atoms with Crippen LogP contribution in [0.1, 0.15) is 18.9 Å². The smallest absolute Gasteiger partial charge is 0.226 e. The Bertz CT molecular complexity index is 423. The summed E-state index contributed by atoms with van der Waals surface area (Å²) in [5.74, 6) is -0.449. The molecule has 1 N–H and O–H groups in total. The Morgan fingerprint density at radius 3 is 2.83 bits per heavy atom. The number of hydrogen-bond acceptors (Lipinski definition) is 2. The molecule has 3 nitrogen and oxygen atoms in total. The van der Waals surface area contributed by atoms with Gasteiger partial charge in [0.2, 0.25) is 5.91 Å². The Balaban J connectivity index is 2.61. The Kier molecular flexibility index (Phi) is 5.75. The summed E-state index contributed by atoms with van der Waals surface area (Å²) in [5, 5.41) is 9.16. The fourth-order valence-corrected chi connectivity index (χ4v) is 1.87. The van der Waals surface area contributed by atoms with Gasteiger partial charge in [-0.05, 0) is 37.1 Å². The third-order valence-corrected chi connectivity index (χ3v) is 3.43. The van der Waals surface area contributed by atoms with Crippen LogP contribution >= 0.6 is 15.9 Å². The predicted molar refractivity (Wildman–Crippen MR) is 71.7 cm³/mol. The second-order valence-corrected chi connectivity index (χ2v) is 5.22. The summed E-state index contributed by atoms with van der Waals surface area (Å²) in [5.41, 5.74) is 0.629. The first kappa shape index (κ1) is 15.1. The van der Waals surface area contributed by atoms with E-state index in [1.807, 2.05) is 0 Å². The molecular formula is C13H17BrFNO2. The summed E-state index contributed by atoms with van der Waals surface area (Å²) in [6, 6.07) is 4.29. The van der Waals surface area contributed by atoms with Gasteiger partial charge in [-0.25, -0.2) is 4.39 Å². The van der Waals surface area contributed by atoms with Crippen LogP contribution in [0.4, 0.5) is 4.39 Å². The largest absolute Gasteiger partial charge is 0.393 e. The number of rotatable bonds is 5. The van der Waals surface area contributed by atoms with Crippen LogP contribution in [0.15, 0.2) is 22.7 Å². The van der Waals surface area contributed by atoms with Crippen molar-refractivity contribution in [1.82, 2.24) is 4.90 Å². The Labute approximate surface area is 115 Å². The van der Waals surface area contributed by atoms with Crippen molar-refractivity contribution in [3.8, 4) is 0 Å². The Hall–Kier alpha value is -0.940. The van der Waals surface area contributed by atoms with Gasteiger partial charge in [0.1, 0.15) is 5.82 Å². The Morgan fingerprint density at radius 1 is 1.56 bits per heavy atom. The van der Waals surface area contributed by atoms with Gasteiger partial charge in [0, 0.05) is 18.1 Å². The number of carbonyl (C=O) groups excluding carboxylic acids is 1. The zero-order chi connectivity index (χ0) is 13.7. The fraction of sp³-hybridized carbons (Fsp3) is 0.462.